The van der Waals surface area contributed by atoms with E-state index in [1.165, 1.54) is 6.20 Å². The van der Waals surface area contributed by atoms with E-state index in [9.17, 15) is 4.79 Å². The lowest BCUT2D eigenvalue weighted by molar-refractivity contribution is -0.138. The van der Waals surface area contributed by atoms with E-state index in [-0.39, 0.29) is 12.2 Å². The number of ether oxygens (including phenoxy) is 1. The summed E-state index contributed by atoms with van der Waals surface area (Å²) in [5.74, 6) is -0.636. The minimum atomic E-state index is -0.636. The Kier molecular flexibility index (Phi) is 4.52. The van der Waals surface area contributed by atoms with Crippen molar-refractivity contribution in [2.45, 2.75) is 13.8 Å². The third-order valence-corrected chi connectivity index (χ3v) is 2.83. The van der Waals surface area contributed by atoms with E-state index in [1.54, 1.807) is 6.92 Å². The van der Waals surface area contributed by atoms with Gasteiger partial charge in [0.1, 0.15) is 6.07 Å². The molecule has 0 amide bonds. The number of hydrogen-bond acceptors (Lipinski definition) is 5. The van der Waals surface area contributed by atoms with E-state index in [0.717, 1.165) is 22.3 Å². The van der Waals surface area contributed by atoms with Crippen molar-refractivity contribution in [3.05, 3.63) is 47.8 Å². The number of fused-ring (bicyclic) bond motifs is 1. The molecule has 0 atom stereocenters. The molecular formula is C16H15N3O2. The topological polar surface area (TPSA) is 75.0 Å². The molecule has 1 aromatic heterocycles. The van der Waals surface area contributed by atoms with E-state index in [1.807, 2.05) is 43.3 Å². The van der Waals surface area contributed by atoms with Gasteiger partial charge in [0.25, 0.3) is 0 Å². The third kappa shape index (κ3) is 3.37. The average molecular weight is 281 g/mol. The molecule has 1 N–H and O–H groups in total. The number of pyridine rings is 1. The molecule has 0 aliphatic rings. The van der Waals surface area contributed by atoms with Crippen LogP contribution in [0.4, 0.5) is 5.69 Å². The predicted molar refractivity (Wildman–Crippen MR) is 80.4 cm³/mol. The van der Waals surface area contributed by atoms with Crippen molar-refractivity contribution in [3.63, 3.8) is 0 Å². The van der Waals surface area contributed by atoms with Gasteiger partial charge < -0.3 is 10.1 Å². The molecule has 0 aliphatic heterocycles. The SMILES string of the molecule is CCOC(=O)C(C#N)=CNc1cc(C)nc2ccccc12. The van der Waals surface area contributed by atoms with Crippen molar-refractivity contribution in [1.82, 2.24) is 4.98 Å². The van der Waals surface area contributed by atoms with Crippen molar-refractivity contribution in [3.8, 4) is 6.07 Å². The highest BCUT2D eigenvalue weighted by atomic mass is 16.5. The highest BCUT2D eigenvalue weighted by Gasteiger charge is 2.10. The molecule has 0 bridgehead atoms. The summed E-state index contributed by atoms with van der Waals surface area (Å²) in [5, 5.41) is 12.9. The van der Waals surface area contributed by atoms with E-state index < -0.39 is 5.97 Å². The second kappa shape index (κ2) is 6.53. The minimum Gasteiger partial charge on any atom is -0.462 e. The second-order valence-electron chi connectivity index (χ2n) is 4.36. The molecule has 5 heteroatoms. The van der Waals surface area contributed by atoms with Crippen LogP contribution in [0.1, 0.15) is 12.6 Å². The number of para-hydroxylation sites is 1. The Bertz CT molecular complexity index is 745. The molecule has 0 saturated carbocycles. The number of esters is 1. The Morgan fingerprint density at radius 2 is 2.24 bits per heavy atom. The van der Waals surface area contributed by atoms with Crippen LogP contribution in [0.3, 0.4) is 0 Å². The summed E-state index contributed by atoms with van der Waals surface area (Å²) in [6, 6.07) is 11.3. The minimum absolute atomic E-state index is 0.0737. The molecule has 0 fully saturated rings. The quantitative estimate of drug-likeness (QED) is 0.530. The lowest BCUT2D eigenvalue weighted by Gasteiger charge is -2.08. The zero-order valence-corrected chi connectivity index (χ0v) is 11.9. The Morgan fingerprint density at radius 3 is 2.95 bits per heavy atom. The zero-order valence-electron chi connectivity index (χ0n) is 11.9. The maximum absolute atomic E-state index is 11.6. The standard InChI is InChI=1S/C16H15N3O2/c1-3-21-16(20)12(9-17)10-18-15-8-11(2)19-14-7-5-4-6-13(14)15/h4-8,10H,3H2,1-2H3,(H,18,19). The number of nitriles is 1. The number of carbonyl (C=O) groups excluding carboxylic acids is 1. The maximum atomic E-state index is 11.6. The van der Waals surface area contributed by atoms with Gasteiger partial charge in [0.05, 0.1) is 12.1 Å². The molecule has 1 aromatic carbocycles. The number of carbonyl (C=O) groups is 1. The molecule has 106 valence electrons. The summed E-state index contributed by atoms with van der Waals surface area (Å²) in [6.07, 6.45) is 1.36. The van der Waals surface area contributed by atoms with Gasteiger partial charge in [-0.3, -0.25) is 4.98 Å². The first-order chi connectivity index (χ1) is 10.2. The van der Waals surface area contributed by atoms with Crippen molar-refractivity contribution < 1.29 is 9.53 Å². The van der Waals surface area contributed by atoms with Gasteiger partial charge in [0, 0.05) is 23.0 Å². The highest BCUT2D eigenvalue weighted by molar-refractivity contribution is 5.95. The van der Waals surface area contributed by atoms with Gasteiger partial charge in [0.15, 0.2) is 5.57 Å². The molecule has 0 saturated heterocycles. The van der Waals surface area contributed by atoms with Crippen molar-refractivity contribution >= 4 is 22.6 Å². The van der Waals surface area contributed by atoms with Crippen LogP contribution in [0, 0.1) is 18.3 Å². The molecule has 2 rings (SSSR count). The molecule has 0 radical (unpaired) electrons. The van der Waals surface area contributed by atoms with Gasteiger partial charge in [-0.25, -0.2) is 4.79 Å². The van der Waals surface area contributed by atoms with Gasteiger partial charge in [-0.05, 0) is 26.0 Å². The Balaban J connectivity index is 2.35. The van der Waals surface area contributed by atoms with Crippen LogP contribution in [0.15, 0.2) is 42.1 Å². The molecule has 2 aromatic rings. The Labute approximate surface area is 122 Å². The zero-order chi connectivity index (χ0) is 15.2. The number of aromatic nitrogens is 1. The van der Waals surface area contributed by atoms with Crippen LogP contribution in [0.2, 0.25) is 0 Å². The average Bonchev–Trinajstić information content (AvgIpc) is 2.47. The fourth-order valence-electron chi connectivity index (χ4n) is 1.92. The Hall–Kier alpha value is -2.87. The van der Waals surface area contributed by atoms with Crippen molar-refractivity contribution in [1.29, 1.82) is 5.26 Å². The summed E-state index contributed by atoms with van der Waals surface area (Å²) in [4.78, 5) is 16.0. The van der Waals surface area contributed by atoms with Gasteiger partial charge in [-0.2, -0.15) is 5.26 Å². The lowest BCUT2D eigenvalue weighted by atomic mass is 10.1. The van der Waals surface area contributed by atoms with E-state index >= 15 is 0 Å². The lowest BCUT2D eigenvalue weighted by Crippen LogP contribution is -2.08. The smallest absolute Gasteiger partial charge is 0.350 e. The molecule has 21 heavy (non-hydrogen) atoms. The van der Waals surface area contributed by atoms with E-state index in [4.69, 9.17) is 10.00 Å². The van der Waals surface area contributed by atoms with Crippen LogP contribution < -0.4 is 5.32 Å². The number of nitrogens with one attached hydrogen (secondary N) is 1. The van der Waals surface area contributed by atoms with Crippen molar-refractivity contribution in [2.75, 3.05) is 11.9 Å². The summed E-state index contributed by atoms with van der Waals surface area (Å²) < 4.78 is 4.81. The van der Waals surface area contributed by atoms with Gasteiger partial charge in [0.2, 0.25) is 0 Å². The maximum Gasteiger partial charge on any atom is 0.350 e. The fraction of sp³-hybridized carbons (Fsp3) is 0.188. The second-order valence-corrected chi connectivity index (χ2v) is 4.36. The number of benzene rings is 1. The molecular weight excluding hydrogens is 266 g/mol. The van der Waals surface area contributed by atoms with Gasteiger partial charge in [-0.1, -0.05) is 18.2 Å². The first-order valence-corrected chi connectivity index (χ1v) is 6.56. The van der Waals surface area contributed by atoms with Crippen molar-refractivity contribution in [2.24, 2.45) is 0 Å². The summed E-state index contributed by atoms with van der Waals surface area (Å²) >= 11 is 0. The first kappa shape index (κ1) is 14.5. The summed E-state index contributed by atoms with van der Waals surface area (Å²) in [6.45, 7) is 3.81. The largest absolute Gasteiger partial charge is 0.462 e. The number of hydrogen-bond donors (Lipinski definition) is 1. The first-order valence-electron chi connectivity index (χ1n) is 6.56. The number of anilines is 1. The Morgan fingerprint density at radius 1 is 1.48 bits per heavy atom. The predicted octanol–water partition coefficient (Wildman–Crippen LogP) is 2.93. The normalized spacial score (nSPS) is 11.0. The van der Waals surface area contributed by atoms with Crippen LogP contribution >= 0.6 is 0 Å². The van der Waals surface area contributed by atoms with Gasteiger partial charge in [-0.15, -0.1) is 0 Å². The fourth-order valence-corrected chi connectivity index (χ4v) is 1.92. The molecule has 0 spiro atoms. The number of aryl methyl sites for hydroxylation is 1. The van der Waals surface area contributed by atoms with Gasteiger partial charge >= 0.3 is 5.97 Å². The molecule has 1 heterocycles. The van der Waals surface area contributed by atoms with Crippen LogP contribution in [-0.4, -0.2) is 17.6 Å². The van der Waals surface area contributed by atoms with E-state index in [2.05, 4.69) is 10.3 Å². The summed E-state index contributed by atoms with van der Waals surface area (Å²) in [7, 11) is 0. The molecule has 5 nitrogen and oxygen atoms in total. The van der Waals surface area contributed by atoms with E-state index in [0.29, 0.717) is 0 Å². The van der Waals surface area contributed by atoms with Crippen LogP contribution in [0.25, 0.3) is 10.9 Å². The summed E-state index contributed by atoms with van der Waals surface area (Å²) in [5.41, 5.74) is 2.41. The monoisotopic (exact) mass is 281 g/mol. The number of nitrogens with zero attached hydrogens (tertiary/aromatic N) is 2. The molecule has 0 aliphatic carbocycles. The van der Waals surface area contributed by atoms with Crippen LogP contribution in [0.5, 0.6) is 0 Å². The third-order valence-electron chi connectivity index (χ3n) is 2.83. The van der Waals surface area contributed by atoms with Crippen LogP contribution in [-0.2, 0) is 9.53 Å². The highest BCUT2D eigenvalue weighted by Crippen LogP contribution is 2.23. The number of rotatable bonds is 4. The molecule has 0 unspecified atom stereocenters.